The molecule has 0 saturated heterocycles. The van der Waals surface area contributed by atoms with Gasteiger partial charge in [-0.25, -0.2) is 0 Å². The first-order valence-electron chi connectivity index (χ1n) is 6.92. The second-order valence-corrected chi connectivity index (χ2v) is 5.67. The summed E-state index contributed by atoms with van der Waals surface area (Å²) in [5.41, 5.74) is 9.22. The highest BCUT2D eigenvalue weighted by molar-refractivity contribution is 9.10. The third kappa shape index (κ3) is 4.09. The zero-order chi connectivity index (χ0) is 14.4. The molecule has 0 atom stereocenters. The van der Waals surface area contributed by atoms with E-state index in [4.69, 9.17) is 10.5 Å². The quantitative estimate of drug-likeness (QED) is 0.848. The molecule has 0 aliphatic carbocycles. The lowest BCUT2D eigenvalue weighted by Gasteiger charge is -2.09. The highest BCUT2D eigenvalue weighted by Gasteiger charge is 2.02. The van der Waals surface area contributed by atoms with E-state index in [0.717, 1.165) is 27.8 Å². The van der Waals surface area contributed by atoms with Crippen LogP contribution in [0.1, 0.15) is 30.0 Å². The van der Waals surface area contributed by atoms with Crippen molar-refractivity contribution in [2.24, 2.45) is 5.73 Å². The second-order valence-electron chi connectivity index (χ2n) is 4.81. The summed E-state index contributed by atoms with van der Waals surface area (Å²) in [7, 11) is 0. The van der Waals surface area contributed by atoms with Crippen LogP contribution in [0.2, 0.25) is 0 Å². The van der Waals surface area contributed by atoms with E-state index in [0.29, 0.717) is 13.2 Å². The Morgan fingerprint density at radius 2 is 1.75 bits per heavy atom. The molecule has 0 aromatic heterocycles. The van der Waals surface area contributed by atoms with E-state index in [1.807, 2.05) is 24.3 Å². The Morgan fingerprint density at radius 1 is 1.05 bits per heavy atom. The molecule has 20 heavy (non-hydrogen) atoms. The molecule has 0 aliphatic heterocycles. The summed E-state index contributed by atoms with van der Waals surface area (Å²) in [6.07, 6.45) is 2.28. The molecule has 0 saturated carbocycles. The van der Waals surface area contributed by atoms with E-state index in [2.05, 4.69) is 41.1 Å². The van der Waals surface area contributed by atoms with Crippen molar-refractivity contribution >= 4 is 15.9 Å². The van der Waals surface area contributed by atoms with Crippen LogP contribution in [0.3, 0.4) is 0 Å². The largest absolute Gasteiger partial charge is 0.489 e. The lowest BCUT2D eigenvalue weighted by molar-refractivity contribution is 0.305. The van der Waals surface area contributed by atoms with Gasteiger partial charge in [-0.15, -0.1) is 0 Å². The highest BCUT2D eigenvalue weighted by Crippen LogP contribution is 2.21. The molecule has 0 unspecified atom stereocenters. The van der Waals surface area contributed by atoms with Crippen LogP contribution in [-0.2, 0) is 19.6 Å². The van der Waals surface area contributed by atoms with Gasteiger partial charge in [0.05, 0.1) is 0 Å². The number of halogens is 1. The van der Waals surface area contributed by atoms with Crippen molar-refractivity contribution in [2.75, 3.05) is 0 Å². The summed E-state index contributed by atoms with van der Waals surface area (Å²) in [4.78, 5) is 0. The topological polar surface area (TPSA) is 35.2 Å². The van der Waals surface area contributed by atoms with Gasteiger partial charge in [-0.3, -0.25) is 0 Å². The van der Waals surface area contributed by atoms with Crippen LogP contribution in [0.15, 0.2) is 46.9 Å². The molecule has 3 heteroatoms. The molecule has 2 aromatic carbocycles. The molecule has 2 aromatic rings. The summed E-state index contributed by atoms with van der Waals surface area (Å²) in [6.45, 7) is 3.30. The second kappa shape index (κ2) is 7.46. The van der Waals surface area contributed by atoms with Crippen LogP contribution in [0.5, 0.6) is 5.75 Å². The van der Waals surface area contributed by atoms with Crippen LogP contribution in [0.25, 0.3) is 0 Å². The van der Waals surface area contributed by atoms with E-state index < -0.39 is 0 Å². The lowest BCUT2D eigenvalue weighted by Crippen LogP contribution is -2.00. The maximum Gasteiger partial charge on any atom is 0.119 e. The molecule has 0 fully saturated rings. The van der Waals surface area contributed by atoms with Gasteiger partial charge in [0.1, 0.15) is 12.4 Å². The summed E-state index contributed by atoms with van der Waals surface area (Å²) in [6, 6.07) is 14.5. The maximum atomic E-state index is 5.82. The molecule has 106 valence electrons. The number of hydrogen-bond acceptors (Lipinski definition) is 2. The molecular formula is C17H20BrNO. The van der Waals surface area contributed by atoms with Gasteiger partial charge in [0.25, 0.3) is 0 Å². The van der Waals surface area contributed by atoms with Crippen molar-refractivity contribution in [1.82, 2.24) is 0 Å². The predicted octanol–water partition coefficient (Wildman–Crippen LogP) is 4.44. The Morgan fingerprint density at radius 3 is 2.35 bits per heavy atom. The molecule has 0 amide bonds. The minimum Gasteiger partial charge on any atom is -0.489 e. The summed E-state index contributed by atoms with van der Waals surface area (Å²) >= 11 is 3.56. The molecule has 0 bridgehead atoms. The van der Waals surface area contributed by atoms with E-state index in [-0.39, 0.29) is 0 Å². The first kappa shape index (κ1) is 15.1. The monoisotopic (exact) mass is 333 g/mol. The van der Waals surface area contributed by atoms with Gasteiger partial charge in [0.15, 0.2) is 0 Å². The molecule has 2 rings (SSSR count). The van der Waals surface area contributed by atoms with Crippen molar-refractivity contribution in [3.63, 3.8) is 0 Å². The normalized spacial score (nSPS) is 10.6. The van der Waals surface area contributed by atoms with E-state index in [1.54, 1.807) is 0 Å². The summed E-state index contributed by atoms with van der Waals surface area (Å²) in [5, 5.41) is 0. The lowest BCUT2D eigenvalue weighted by atomic mass is 10.1. The molecule has 0 aliphatic rings. The molecule has 0 heterocycles. The zero-order valence-corrected chi connectivity index (χ0v) is 13.3. The average Bonchev–Trinajstić information content (AvgIpc) is 2.48. The maximum absolute atomic E-state index is 5.82. The van der Waals surface area contributed by atoms with Gasteiger partial charge in [0, 0.05) is 16.6 Å². The Balaban J connectivity index is 1.97. The highest BCUT2D eigenvalue weighted by atomic mass is 79.9. The molecule has 2 nitrogen and oxygen atoms in total. The molecule has 2 N–H and O–H groups in total. The van der Waals surface area contributed by atoms with Gasteiger partial charge in [-0.2, -0.15) is 0 Å². The third-order valence-corrected chi connectivity index (χ3v) is 3.95. The smallest absolute Gasteiger partial charge is 0.119 e. The number of benzene rings is 2. The van der Waals surface area contributed by atoms with Crippen LogP contribution in [0, 0.1) is 0 Å². The first-order valence-corrected chi connectivity index (χ1v) is 7.71. The third-order valence-electron chi connectivity index (χ3n) is 3.21. The minimum atomic E-state index is 0.554. The summed E-state index contributed by atoms with van der Waals surface area (Å²) in [5.74, 6) is 0.902. The Hall–Kier alpha value is -1.32. The SMILES string of the molecule is CCCc1ccc(OCc2ccc(CN)cc2Br)cc1. The zero-order valence-electron chi connectivity index (χ0n) is 11.7. The van der Waals surface area contributed by atoms with Gasteiger partial charge in [0.2, 0.25) is 0 Å². The molecular weight excluding hydrogens is 314 g/mol. The molecule has 0 radical (unpaired) electrons. The van der Waals surface area contributed by atoms with Crippen molar-refractivity contribution in [2.45, 2.75) is 32.9 Å². The van der Waals surface area contributed by atoms with Crippen molar-refractivity contribution in [3.05, 3.63) is 63.6 Å². The van der Waals surface area contributed by atoms with Gasteiger partial charge in [-0.05, 0) is 35.7 Å². The first-order chi connectivity index (χ1) is 9.72. The Kier molecular flexibility index (Phi) is 5.62. The fraction of sp³-hybridized carbons (Fsp3) is 0.294. The van der Waals surface area contributed by atoms with Gasteiger partial charge < -0.3 is 10.5 Å². The van der Waals surface area contributed by atoms with Crippen molar-refractivity contribution < 1.29 is 4.74 Å². The molecule has 0 spiro atoms. The van der Waals surface area contributed by atoms with E-state index in [1.165, 1.54) is 12.0 Å². The number of rotatable bonds is 6. The number of ether oxygens (including phenoxy) is 1. The predicted molar refractivity (Wildman–Crippen MR) is 86.8 cm³/mol. The van der Waals surface area contributed by atoms with Crippen LogP contribution < -0.4 is 10.5 Å². The Bertz CT molecular complexity index is 551. The van der Waals surface area contributed by atoms with Crippen molar-refractivity contribution in [1.29, 1.82) is 0 Å². The number of nitrogens with two attached hydrogens (primary N) is 1. The standard InChI is InChI=1S/C17H20BrNO/c1-2-3-13-5-8-16(9-6-13)20-12-15-7-4-14(11-19)10-17(15)18/h4-10H,2-3,11-12,19H2,1H3. The number of hydrogen-bond donors (Lipinski definition) is 1. The van der Waals surface area contributed by atoms with Gasteiger partial charge >= 0.3 is 0 Å². The van der Waals surface area contributed by atoms with Crippen LogP contribution in [-0.4, -0.2) is 0 Å². The van der Waals surface area contributed by atoms with Crippen LogP contribution >= 0.6 is 15.9 Å². The Labute approximate surface area is 129 Å². The fourth-order valence-corrected chi connectivity index (χ4v) is 2.58. The van der Waals surface area contributed by atoms with Gasteiger partial charge in [-0.1, -0.05) is 53.5 Å². The van der Waals surface area contributed by atoms with E-state index >= 15 is 0 Å². The minimum absolute atomic E-state index is 0.554. The van der Waals surface area contributed by atoms with E-state index in [9.17, 15) is 0 Å². The van der Waals surface area contributed by atoms with Crippen molar-refractivity contribution in [3.8, 4) is 5.75 Å². The summed E-state index contributed by atoms with van der Waals surface area (Å²) < 4.78 is 6.86. The number of aryl methyl sites for hydroxylation is 1. The van der Waals surface area contributed by atoms with Crippen LogP contribution in [0.4, 0.5) is 0 Å². The average molecular weight is 334 g/mol. The fourth-order valence-electron chi connectivity index (χ4n) is 2.04.